The lowest BCUT2D eigenvalue weighted by molar-refractivity contribution is 0.219. The van der Waals surface area contributed by atoms with Crippen molar-refractivity contribution in [3.05, 3.63) is 84.2 Å². The lowest BCUT2D eigenvalue weighted by atomic mass is 10.1. The highest BCUT2D eigenvalue weighted by Gasteiger charge is 2.22. The van der Waals surface area contributed by atoms with E-state index in [0.717, 1.165) is 29.9 Å². The molecule has 2 N–H and O–H groups in total. The lowest BCUT2D eigenvalue weighted by Gasteiger charge is -2.13. The molecular formula is C22H19FN2O4S. The van der Waals surface area contributed by atoms with E-state index in [-0.39, 0.29) is 15.9 Å². The third-order valence-electron chi connectivity index (χ3n) is 4.75. The van der Waals surface area contributed by atoms with Gasteiger partial charge in [0, 0.05) is 12.1 Å². The Hall–Kier alpha value is -3.39. The van der Waals surface area contributed by atoms with E-state index in [2.05, 4.69) is 10.6 Å². The highest BCUT2D eigenvalue weighted by Crippen LogP contribution is 2.27. The van der Waals surface area contributed by atoms with Gasteiger partial charge in [0.2, 0.25) is 9.84 Å². The number of carbonyl (C=O) groups is 1. The average molecular weight is 426 g/mol. The third-order valence-corrected chi connectivity index (χ3v) is 6.54. The molecule has 1 aliphatic heterocycles. The van der Waals surface area contributed by atoms with Crippen molar-refractivity contribution in [2.45, 2.75) is 22.3 Å². The third kappa shape index (κ3) is 4.28. The smallest absolute Gasteiger partial charge is 0.319 e. The maximum atomic E-state index is 13.0. The van der Waals surface area contributed by atoms with E-state index in [1.54, 1.807) is 0 Å². The van der Waals surface area contributed by atoms with E-state index in [4.69, 9.17) is 4.74 Å². The molecule has 0 fully saturated rings. The minimum absolute atomic E-state index is 0.0000813. The molecule has 154 valence electrons. The summed E-state index contributed by atoms with van der Waals surface area (Å²) >= 11 is 0. The van der Waals surface area contributed by atoms with E-state index in [1.807, 2.05) is 24.3 Å². The van der Waals surface area contributed by atoms with E-state index in [1.165, 1.54) is 36.4 Å². The summed E-state index contributed by atoms with van der Waals surface area (Å²) in [7, 11) is -3.76. The van der Waals surface area contributed by atoms with Crippen LogP contribution in [0, 0.1) is 5.82 Å². The first-order valence-electron chi connectivity index (χ1n) is 9.32. The molecule has 0 aromatic heterocycles. The number of halogens is 1. The van der Waals surface area contributed by atoms with Gasteiger partial charge in [0.05, 0.1) is 16.3 Å². The Morgan fingerprint density at radius 2 is 1.60 bits per heavy atom. The molecule has 0 saturated heterocycles. The number of anilines is 1. The first-order chi connectivity index (χ1) is 14.4. The zero-order chi connectivity index (χ0) is 21.1. The molecule has 6 nitrogen and oxygen atoms in total. The van der Waals surface area contributed by atoms with Gasteiger partial charge in [0.1, 0.15) is 17.7 Å². The van der Waals surface area contributed by atoms with Gasteiger partial charge in [0.25, 0.3) is 0 Å². The topological polar surface area (TPSA) is 84.5 Å². The van der Waals surface area contributed by atoms with Gasteiger partial charge in [-0.3, -0.25) is 0 Å². The zero-order valence-corrected chi connectivity index (χ0v) is 16.7. The summed E-state index contributed by atoms with van der Waals surface area (Å²) in [6.07, 6.45) is 0.600. The molecule has 1 atom stereocenters. The maximum Gasteiger partial charge on any atom is 0.319 e. The number of sulfone groups is 1. The first kappa shape index (κ1) is 19.9. The van der Waals surface area contributed by atoms with Crippen LogP contribution in [0.1, 0.15) is 5.56 Å². The van der Waals surface area contributed by atoms with Gasteiger partial charge in [-0.05, 0) is 60.2 Å². The average Bonchev–Trinajstić information content (AvgIpc) is 3.16. The van der Waals surface area contributed by atoms with Crippen molar-refractivity contribution in [2.24, 2.45) is 0 Å². The summed E-state index contributed by atoms with van der Waals surface area (Å²) in [4.78, 5) is 12.2. The molecule has 1 aliphatic rings. The summed E-state index contributed by atoms with van der Waals surface area (Å²) in [5, 5.41) is 5.42. The summed E-state index contributed by atoms with van der Waals surface area (Å²) in [5.41, 5.74) is 1.56. The minimum atomic E-state index is -3.76. The van der Waals surface area contributed by atoms with Crippen LogP contribution < -0.4 is 15.4 Å². The molecule has 3 aromatic rings. The minimum Gasteiger partial charge on any atom is -0.488 e. The molecular weight excluding hydrogens is 407 g/mol. The second-order valence-corrected chi connectivity index (χ2v) is 8.82. The van der Waals surface area contributed by atoms with E-state index < -0.39 is 21.7 Å². The summed E-state index contributed by atoms with van der Waals surface area (Å²) in [6.45, 7) is 0.345. The predicted molar refractivity (Wildman–Crippen MR) is 110 cm³/mol. The van der Waals surface area contributed by atoms with Gasteiger partial charge < -0.3 is 15.4 Å². The monoisotopic (exact) mass is 426 g/mol. The number of hydrogen-bond donors (Lipinski definition) is 2. The molecule has 4 rings (SSSR count). The maximum absolute atomic E-state index is 13.0. The molecule has 2 amide bonds. The van der Waals surface area contributed by atoms with Gasteiger partial charge in [0.15, 0.2) is 0 Å². The Bertz CT molecular complexity index is 1140. The Kier molecular flexibility index (Phi) is 5.41. The number of rotatable bonds is 5. The fourth-order valence-electron chi connectivity index (χ4n) is 3.22. The van der Waals surface area contributed by atoms with Crippen molar-refractivity contribution >= 4 is 21.6 Å². The molecule has 0 saturated carbocycles. The second-order valence-electron chi connectivity index (χ2n) is 6.87. The molecule has 0 spiro atoms. The number of benzene rings is 3. The van der Waals surface area contributed by atoms with Crippen molar-refractivity contribution < 1.29 is 22.3 Å². The highest BCUT2D eigenvalue weighted by atomic mass is 32.2. The number of hydrogen-bond acceptors (Lipinski definition) is 4. The van der Waals surface area contributed by atoms with Crippen LogP contribution in [-0.4, -0.2) is 27.1 Å². The quantitative estimate of drug-likeness (QED) is 0.608. The Labute approximate surface area is 173 Å². The van der Waals surface area contributed by atoms with Crippen LogP contribution in [0.25, 0.3) is 0 Å². The van der Waals surface area contributed by atoms with Gasteiger partial charge in [-0.15, -0.1) is 0 Å². The molecule has 0 bridgehead atoms. The van der Waals surface area contributed by atoms with Crippen LogP contribution in [0.2, 0.25) is 0 Å². The standard InChI is InChI=1S/C22H19FN2O4S/c23-16-5-9-19(10-6-16)30(27,28)20-11-7-17(8-12-20)25-22(26)24-14-18-13-15-3-1-2-4-21(15)29-18/h1-12,18H,13-14H2,(H2,24,25,26)/t18-/m0/s1. The highest BCUT2D eigenvalue weighted by molar-refractivity contribution is 7.91. The molecule has 1 heterocycles. The molecule has 8 heteroatoms. The normalized spacial score (nSPS) is 15.2. The number of para-hydroxylation sites is 1. The van der Waals surface area contributed by atoms with Crippen molar-refractivity contribution in [1.29, 1.82) is 0 Å². The summed E-state index contributed by atoms with van der Waals surface area (Å²) in [6, 6.07) is 17.7. The molecule has 0 radical (unpaired) electrons. The number of ether oxygens (including phenoxy) is 1. The largest absolute Gasteiger partial charge is 0.488 e. The predicted octanol–water partition coefficient (Wildman–Crippen LogP) is 3.78. The van der Waals surface area contributed by atoms with Crippen LogP contribution in [0.5, 0.6) is 5.75 Å². The Morgan fingerprint density at radius 1 is 0.967 bits per heavy atom. The van der Waals surface area contributed by atoms with Crippen LogP contribution in [0.15, 0.2) is 82.6 Å². The number of fused-ring (bicyclic) bond motifs is 1. The molecule has 3 aromatic carbocycles. The van der Waals surface area contributed by atoms with Crippen LogP contribution >= 0.6 is 0 Å². The van der Waals surface area contributed by atoms with Crippen LogP contribution in [0.3, 0.4) is 0 Å². The number of amides is 2. The van der Waals surface area contributed by atoms with Crippen molar-refractivity contribution in [3.63, 3.8) is 0 Å². The Morgan fingerprint density at radius 3 is 2.27 bits per heavy atom. The lowest BCUT2D eigenvalue weighted by Crippen LogP contribution is -2.37. The van der Waals surface area contributed by atoms with Crippen molar-refractivity contribution in [2.75, 3.05) is 11.9 Å². The van der Waals surface area contributed by atoms with E-state index in [9.17, 15) is 17.6 Å². The number of nitrogens with one attached hydrogen (secondary N) is 2. The molecule has 0 aliphatic carbocycles. The zero-order valence-electron chi connectivity index (χ0n) is 15.8. The van der Waals surface area contributed by atoms with E-state index in [0.29, 0.717) is 12.2 Å². The SMILES string of the molecule is O=C(NC[C@@H]1Cc2ccccc2O1)Nc1ccc(S(=O)(=O)c2ccc(F)cc2)cc1. The van der Waals surface area contributed by atoms with Gasteiger partial charge >= 0.3 is 6.03 Å². The van der Waals surface area contributed by atoms with Gasteiger partial charge in [-0.25, -0.2) is 17.6 Å². The van der Waals surface area contributed by atoms with Gasteiger partial charge in [-0.1, -0.05) is 18.2 Å². The summed E-state index contributed by atoms with van der Waals surface area (Å²) in [5.74, 6) is 0.328. The number of carbonyl (C=O) groups excluding carboxylic acids is 1. The Balaban J connectivity index is 1.33. The van der Waals surface area contributed by atoms with Crippen LogP contribution in [0.4, 0.5) is 14.9 Å². The van der Waals surface area contributed by atoms with Crippen molar-refractivity contribution in [3.8, 4) is 5.75 Å². The molecule has 0 unspecified atom stereocenters. The first-order valence-corrected chi connectivity index (χ1v) is 10.8. The number of urea groups is 1. The summed E-state index contributed by atoms with van der Waals surface area (Å²) < 4.78 is 44.0. The second kappa shape index (κ2) is 8.16. The van der Waals surface area contributed by atoms with Gasteiger partial charge in [-0.2, -0.15) is 0 Å². The fraction of sp³-hybridized carbons (Fsp3) is 0.136. The molecule has 30 heavy (non-hydrogen) atoms. The van der Waals surface area contributed by atoms with E-state index >= 15 is 0 Å². The van der Waals surface area contributed by atoms with Crippen LogP contribution in [-0.2, 0) is 16.3 Å². The fourth-order valence-corrected chi connectivity index (χ4v) is 4.48. The van der Waals surface area contributed by atoms with Crippen molar-refractivity contribution in [1.82, 2.24) is 5.32 Å².